The first-order valence-electron chi connectivity index (χ1n) is 9.65. The Bertz CT molecular complexity index is 913. The number of carbonyl (C=O) groups is 3. The average Bonchev–Trinajstić information content (AvgIpc) is 3.28. The van der Waals surface area contributed by atoms with Gasteiger partial charge in [0.25, 0.3) is 7.41 Å². The van der Waals surface area contributed by atoms with Crippen LogP contribution in [0.25, 0.3) is 11.0 Å². The normalized spacial score (nSPS) is 24.7. The number of carbonyl (C=O) groups excluding carboxylic acids is 3. The van der Waals surface area contributed by atoms with E-state index in [1.165, 1.54) is 6.42 Å². The van der Waals surface area contributed by atoms with Crippen molar-refractivity contribution in [3.8, 4) is 0 Å². The Hall–Kier alpha value is -1.93. The summed E-state index contributed by atoms with van der Waals surface area (Å²) in [7, 11) is 0.229. The van der Waals surface area contributed by atoms with E-state index in [2.05, 4.69) is 15.9 Å². The van der Waals surface area contributed by atoms with Crippen molar-refractivity contribution >= 4 is 52.3 Å². The van der Waals surface area contributed by atoms with Gasteiger partial charge in [-0.3, -0.25) is 9.59 Å². The van der Waals surface area contributed by atoms with Gasteiger partial charge in [-0.15, -0.1) is 0 Å². The Morgan fingerprint density at radius 1 is 1.29 bits per heavy atom. The second-order valence-corrected chi connectivity index (χ2v) is 8.47. The molecule has 0 N–H and O–H groups in total. The monoisotopic (exact) mass is 445 g/mol. The third-order valence-electron chi connectivity index (χ3n) is 5.88. The summed E-state index contributed by atoms with van der Waals surface area (Å²) >= 11 is 3.38. The summed E-state index contributed by atoms with van der Waals surface area (Å²) in [6.07, 6.45) is 5.92. The number of esters is 1. The van der Waals surface area contributed by atoms with Gasteiger partial charge in [0.15, 0.2) is 12.4 Å². The third-order valence-corrected chi connectivity index (χ3v) is 6.37. The van der Waals surface area contributed by atoms with Crippen LogP contribution in [0.15, 0.2) is 33.2 Å². The lowest BCUT2D eigenvalue weighted by atomic mass is 9.82. The predicted octanol–water partition coefficient (Wildman–Crippen LogP) is 3.10. The Kier molecular flexibility index (Phi) is 5.69. The van der Waals surface area contributed by atoms with E-state index < -0.39 is 12.0 Å². The number of benzene rings is 1. The van der Waals surface area contributed by atoms with E-state index in [9.17, 15) is 14.4 Å². The average molecular weight is 446 g/mol. The molecular formula is C20H21BBrNO5. The lowest BCUT2D eigenvalue weighted by Crippen LogP contribution is -2.46. The van der Waals surface area contributed by atoms with Gasteiger partial charge in [-0.2, -0.15) is 0 Å². The Morgan fingerprint density at radius 3 is 2.93 bits per heavy atom. The lowest BCUT2D eigenvalue weighted by molar-refractivity contribution is -0.146. The van der Waals surface area contributed by atoms with Crippen molar-refractivity contribution in [3.63, 3.8) is 0 Å². The summed E-state index contributed by atoms with van der Waals surface area (Å²) in [5.74, 6) is -0.206. The molecule has 0 spiro atoms. The summed E-state index contributed by atoms with van der Waals surface area (Å²) in [5.41, 5.74) is 0.606. The van der Waals surface area contributed by atoms with Gasteiger partial charge in [-0.25, -0.2) is 0 Å². The zero-order valence-corrected chi connectivity index (χ0v) is 17.0. The highest BCUT2D eigenvalue weighted by Crippen LogP contribution is 2.39. The van der Waals surface area contributed by atoms with Crippen LogP contribution in [0, 0.1) is 5.92 Å². The van der Waals surface area contributed by atoms with Crippen molar-refractivity contribution in [3.05, 3.63) is 34.5 Å². The van der Waals surface area contributed by atoms with E-state index in [1.54, 1.807) is 12.1 Å². The number of nitrogens with zero attached hydrogens (tertiary/aromatic N) is 1. The molecule has 1 saturated heterocycles. The molecule has 0 bridgehead atoms. The molecule has 4 rings (SSSR count). The van der Waals surface area contributed by atoms with Gasteiger partial charge in [0.05, 0.1) is 12.2 Å². The number of rotatable bonds is 6. The fourth-order valence-electron chi connectivity index (χ4n) is 4.59. The first-order chi connectivity index (χ1) is 13.6. The minimum atomic E-state index is -0.447. The molecule has 6 nitrogen and oxygen atoms in total. The van der Waals surface area contributed by atoms with Crippen molar-refractivity contribution in [1.29, 1.82) is 0 Å². The van der Waals surface area contributed by atoms with Gasteiger partial charge in [0.2, 0.25) is 5.78 Å². The van der Waals surface area contributed by atoms with Crippen LogP contribution in [0.4, 0.5) is 0 Å². The zero-order chi connectivity index (χ0) is 19.7. The number of hydrogen-bond donors (Lipinski definition) is 0. The van der Waals surface area contributed by atoms with Gasteiger partial charge in [-0.05, 0) is 49.4 Å². The van der Waals surface area contributed by atoms with E-state index in [0.29, 0.717) is 17.9 Å². The molecule has 3 atom stereocenters. The molecule has 2 heterocycles. The molecule has 8 heteroatoms. The zero-order valence-electron chi connectivity index (χ0n) is 15.4. The first-order valence-corrected chi connectivity index (χ1v) is 10.4. The highest BCUT2D eigenvalue weighted by Gasteiger charge is 2.45. The summed E-state index contributed by atoms with van der Waals surface area (Å²) in [5, 5.41) is 0.807. The van der Waals surface area contributed by atoms with Crippen LogP contribution in [0.2, 0.25) is 0 Å². The fraction of sp³-hybridized carbons (Fsp3) is 0.450. The SMILES string of the molecule is O=CBN1C2CCCCC2C[C@H]1C(=O)OCC(=O)c1cc2cc(Br)ccc2o1. The molecule has 0 amide bonds. The summed E-state index contributed by atoms with van der Waals surface area (Å²) < 4.78 is 11.8. The molecule has 146 valence electrons. The molecule has 2 fully saturated rings. The summed E-state index contributed by atoms with van der Waals surface area (Å²) in [4.78, 5) is 38.1. The summed E-state index contributed by atoms with van der Waals surface area (Å²) in [6, 6.07) is 6.94. The first kappa shape index (κ1) is 19.4. The molecule has 1 saturated carbocycles. The van der Waals surface area contributed by atoms with Crippen molar-refractivity contribution in [2.24, 2.45) is 5.92 Å². The number of fused-ring (bicyclic) bond motifs is 2. The third kappa shape index (κ3) is 3.80. The van der Waals surface area contributed by atoms with Gasteiger partial charge in [0.1, 0.15) is 5.58 Å². The Morgan fingerprint density at radius 2 is 2.11 bits per heavy atom. The van der Waals surface area contributed by atoms with Gasteiger partial charge in [0, 0.05) is 15.9 Å². The van der Waals surface area contributed by atoms with Crippen LogP contribution < -0.4 is 0 Å². The van der Waals surface area contributed by atoms with Crippen LogP contribution in [0.3, 0.4) is 0 Å². The van der Waals surface area contributed by atoms with E-state index in [1.807, 2.05) is 16.9 Å². The standard InChI is InChI=1S/C20H21BBrNO5/c22-14-5-6-18-13(7-14)9-19(28-18)17(25)10-27-20(26)16-8-12-3-1-2-4-15(12)23(16)21-11-24/h5-7,9,11-12,15-16,21H,1-4,8,10H2/t12?,15?,16-/m0/s1. The van der Waals surface area contributed by atoms with Crippen LogP contribution in [0.5, 0.6) is 0 Å². The molecule has 1 aromatic carbocycles. The number of ether oxygens (including phenoxy) is 1. The van der Waals surface area contributed by atoms with Gasteiger partial charge in [-0.1, -0.05) is 28.8 Å². The van der Waals surface area contributed by atoms with Crippen molar-refractivity contribution < 1.29 is 23.5 Å². The van der Waals surface area contributed by atoms with Crippen LogP contribution >= 0.6 is 15.9 Å². The molecule has 0 radical (unpaired) electrons. The molecule has 28 heavy (non-hydrogen) atoms. The molecule has 1 aromatic heterocycles. The van der Waals surface area contributed by atoms with Crippen LogP contribution in [0.1, 0.15) is 42.7 Å². The number of hydrogen-bond acceptors (Lipinski definition) is 6. The van der Waals surface area contributed by atoms with Crippen molar-refractivity contribution in [1.82, 2.24) is 4.81 Å². The smallest absolute Gasteiger partial charge is 0.322 e. The van der Waals surface area contributed by atoms with Crippen molar-refractivity contribution in [2.45, 2.75) is 44.2 Å². The predicted molar refractivity (Wildman–Crippen MR) is 109 cm³/mol. The van der Waals surface area contributed by atoms with Gasteiger partial charge >= 0.3 is 5.97 Å². The Labute approximate surface area is 172 Å². The van der Waals surface area contributed by atoms with E-state index >= 15 is 0 Å². The summed E-state index contributed by atoms with van der Waals surface area (Å²) in [6.45, 7) is -0.361. The second kappa shape index (κ2) is 8.21. The highest BCUT2D eigenvalue weighted by molar-refractivity contribution is 9.10. The largest absolute Gasteiger partial charge is 0.456 e. The topological polar surface area (TPSA) is 76.8 Å². The molecule has 1 aliphatic heterocycles. The van der Waals surface area contributed by atoms with E-state index in [0.717, 1.165) is 35.3 Å². The number of furan rings is 1. The maximum Gasteiger partial charge on any atom is 0.322 e. The number of Topliss-reactive ketones (excluding diaryl/α,β-unsaturated/α-hetero) is 1. The van der Waals surface area contributed by atoms with E-state index in [4.69, 9.17) is 9.15 Å². The minimum absolute atomic E-state index is 0.172. The molecule has 2 unspecified atom stereocenters. The van der Waals surface area contributed by atoms with Crippen LogP contribution in [-0.4, -0.2) is 48.9 Å². The van der Waals surface area contributed by atoms with Crippen LogP contribution in [-0.2, 0) is 14.3 Å². The Balaban J connectivity index is 1.41. The van der Waals surface area contributed by atoms with Crippen molar-refractivity contribution in [2.75, 3.05) is 6.61 Å². The highest BCUT2D eigenvalue weighted by atomic mass is 79.9. The maximum atomic E-state index is 12.7. The quantitative estimate of drug-likeness (QED) is 0.294. The number of halogens is 1. The maximum absolute atomic E-state index is 12.7. The van der Waals surface area contributed by atoms with E-state index in [-0.39, 0.29) is 31.6 Å². The molecule has 1 aliphatic carbocycles. The second-order valence-electron chi connectivity index (χ2n) is 7.55. The molecular weight excluding hydrogens is 425 g/mol. The fourth-order valence-corrected chi connectivity index (χ4v) is 4.97. The number of ketones is 1. The van der Waals surface area contributed by atoms with Gasteiger partial charge < -0.3 is 18.8 Å². The minimum Gasteiger partial charge on any atom is -0.456 e. The molecule has 2 aliphatic rings. The molecule has 2 aromatic rings. The lowest BCUT2D eigenvalue weighted by Gasteiger charge is -2.31.